The summed E-state index contributed by atoms with van der Waals surface area (Å²) in [7, 11) is 0. The molecule has 25 heavy (non-hydrogen) atoms. The number of hydrogen-bond acceptors (Lipinski definition) is 5. The van der Waals surface area contributed by atoms with Crippen LogP contribution >= 0.6 is 27.3 Å². The van der Waals surface area contributed by atoms with Gasteiger partial charge in [-0.2, -0.15) is 0 Å². The molecule has 0 fully saturated rings. The van der Waals surface area contributed by atoms with Gasteiger partial charge in [-0.25, -0.2) is 4.98 Å². The maximum atomic E-state index is 11.2. The molecular formula is C17H11BrN2O4S. The minimum Gasteiger partial charge on any atom is -0.481 e. The van der Waals surface area contributed by atoms with E-state index in [4.69, 9.17) is 5.11 Å². The Labute approximate surface area is 155 Å². The molecule has 2 aromatic carbocycles. The van der Waals surface area contributed by atoms with Gasteiger partial charge in [0.15, 0.2) is 0 Å². The SMILES string of the molecule is O=C(O)Cc1sc(-c2cccc([N+](=O)[O-])c2)nc1-c1ccc(Br)cc1. The molecule has 8 heteroatoms. The number of non-ortho nitro benzene ring substituents is 1. The number of nitrogens with zero attached hydrogens (tertiary/aromatic N) is 2. The summed E-state index contributed by atoms with van der Waals surface area (Å²) < 4.78 is 0.908. The Balaban J connectivity index is 2.10. The van der Waals surface area contributed by atoms with Crippen molar-refractivity contribution in [3.05, 3.63) is 68.0 Å². The average Bonchev–Trinajstić information content (AvgIpc) is 2.99. The molecule has 0 saturated carbocycles. The first-order valence-corrected chi connectivity index (χ1v) is 8.77. The van der Waals surface area contributed by atoms with E-state index in [1.54, 1.807) is 12.1 Å². The topological polar surface area (TPSA) is 93.3 Å². The number of aromatic nitrogens is 1. The van der Waals surface area contributed by atoms with Crippen LogP contribution in [-0.4, -0.2) is 21.0 Å². The zero-order valence-corrected chi connectivity index (χ0v) is 15.1. The Kier molecular flexibility index (Phi) is 4.91. The molecule has 0 bridgehead atoms. The molecule has 0 unspecified atom stereocenters. The van der Waals surface area contributed by atoms with E-state index in [1.165, 1.54) is 23.5 Å². The van der Waals surface area contributed by atoms with Crippen LogP contribution < -0.4 is 0 Å². The first-order valence-electron chi connectivity index (χ1n) is 7.16. The fourth-order valence-corrected chi connectivity index (χ4v) is 3.65. The summed E-state index contributed by atoms with van der Waals surface area (Å²) >= 11 is 4.60. The molecule has 1 N–H and O–H groups in total. The highest BCUT2D eigenvalue weighted by atomic mass is 79.9. The van der Waals surface area contributed by atoms with E-state index in [1.807, 2.05) is 24.3 Å². The summed E-state index contributed by atoms with van der Waals surface area (Å²) in [5.41, 5.74) is 1.95. The van der Waals surface area contributed by atoms with Gasteiger partial charge in [-0.05, 0) is 12.1 Å². The number of thiazole rings is 1. The van der Waals surface area contributed by atoms with Gasteiger partial charge >= 0.3 is 5.97 Å². The van der Waals surface area contributed by atoms with E-state index in [-0.39, 0.29) is 12.1 Å². The number of nitro benzene ring substituents is 1. The van der Waals surface area contributed by atoms with Gasteiger partial charge in [0.25, 0.3) is 5.69 Å². The van der Waals surface area contributed by atoms with Crippen LogP contribution in [0, 0.1) is 10.1 Å². The third-order valence-electron chi connectivity index (χ3n) is 3.43. The molecule has 1 heterocycles. The van der Waals surface area contributed by atoms with Crippen molar-refractivity contribution in [3.63, 3.8) is 0 Å². The Hall–Kier alpha value is -2.58. The molecule has 0 atom stereocenters. The van der Waals surface area contributed by atoms with Crippen LogP contribution in [0.3, 0.4) is 0 Å². The Bertz CT molecular complexity index is 954. The number of carboxylic acids is 1. The van der Waals surface area contributed by atoms with Crippen molar-refractivity contribution in [2.24, 2.45) is 0 Å². The number of carbonyl (C=O) groups is 1. The summed E-state index contributed by atoms with van der Waals surface area (Å²) in [6.07, 6.45) is -0.155. The van der Waals surface area contributed by atoms with Gasteiger partial charge < -0.3 is 5.11 Å². The van der Waals surface area contributed by atoms with Gasteiger partial charge in [-0.1, -0.05) is 40.2 Å². The molecule has 0 radical (unpaired) electrons. The van der Waals surface area contributed by atoms with Crippen molar-refractivity contribution in [1.82, 2.24) is 4.98 Å². The number of rotatable bonds is 5. The van der Waals surface area contributed by atoms with E-state index < -0.39 is 10.9 Å². The summed E-state index contributed by atoms with van der Waals surface area (Å²) in [5, 5.41) is 20.7. The normalized spacial score (nSPS) is 10.6. The summed E-state index contributed by atoms with van der Waals surface area (Å²) in [5.74, 6) is -0.951. The fraction of sp³-hybridized carbons (Fsp3) is 0.0588. The summed E-state index contributed by atoms with van der Waals surface area (Å²) in [4.78, 5) is 26.8. The van der Waals surface area contributed by atoms with Gasteiger partial charge in [0.05, 0.1) is 17.0 Å². The second-order valence-electron chi connectivity index (χ2n) is 5.18. The predicted molar refractivity (Wildman–Crippen MR) is 98.7 cm³/mol. The highest BCUT2D eigenvalue weighted by Crippen LogP contribution is 2.35. The summed E-state index contributed by atoms with van der Waals surface area (Å²) in [6.45, 7) is 0. The van der Waals surface area contributed by atoms with Gasteiger partial charge in [0.1, 0.15) is 5.01 Å². The first kappa shape index (κ1) is 17.2. The fourth-order valence-electron chi connectivity index (χ4n) is 2.32. The molecule has 126 valence electrons. The molecule has 0 aliphatic heterocycles. The minimum atomic E-state index is -0.951. The Morgan fingerprint density at radius 3 is 2.56 bits per heavy atom. The second-order valence-corrected chi connectivity index (χ2v) is 7.17. The largest absolute Gasteiger partial charge is 0.481 e. The standard InChI is InChI=1S/C17H11BrN2O4S/c18-12-6-4-10(5-7-12)16-14(9-15(21)22)25-17(19-16)11-2-1-3-13(8-11)20(23)24/h1-8H,9H2,(H,21,22). The van der Waals surface area contributed by atoms with Crippen molar-refractivity contribution in [1.29, 1.82) is 0 Å². The van der Waals surface area contributed by atoms with Crippen LogP contribution in [0.1, 0.15) is 4.88 Å². The zero-order chi connectivity index (χ0) is 18.0. The van der Waals surface area contributed by atoms with Crippen LogP contribution in [0.15, 0.2) is 53.0 Å². The van der Waals surface area contributed by atoms with Crippen LogP contribution in [0.2, 0.25) is 0 Å². The highest BCUT2D eigenvalue weighted by molar-refractivity contribution is 9.10. The maximum Gasteiger partial charge on any atom is 0.308 e. The molecule has 3 rings (SSSR count). The summed E-state index contributed by atoms with van der Waals surface area (Å²) in [6, 6.07) is 13.6. The lowest BCUT2D eigenvalue weighted by atomic mass is 10.1. The van der Waals surface area contributed by atoms with Gasteiger partial charge in [-0.3, -0.25) is 14.9 Å². The predicted octanol–water partition coefficient (Wildman–Crippen LogP) is 4.77. The molecule has 0 saturated heterocycles. The number of carboxylic acid groups (broad SMARTS) is 1. The monoisotopic (exact) mass is 418 g/mol. The highest BCUT2D eigenvalue weighted by Gasteiger charge is 2.18. The van der Waals surface area contributed by atoms with Gasteiger partial charge in [-0.15, -0.1) is 11.3 Å². The van der Waals surface area contributed by atoms with E-state index in [0.717, 1.165) is 10.0 Å². The van der Waals surface area contributed by atoms with Crippen LogP contribution in [0.4, 0.5) is 5.69 Å². The molecule has 0 aliphatic rings. The molecule has 0 spiro atoms. The van der Waals surface area contributed by atoms with E-state index in [0.29, 0.717) is 21.1 Å². The van der Waals surface area contributed by atoms with Crippen molar-refractivity contribution in [3.8, 4) is 21.8 Å². The zero-order valence-electron chi connectivity index (χ0n) is 12.7. The number of halogens is 1. The molecule has 1 aromatic heterocycles. The second kappa shape index (κ2) is 7.12. The van der Waals surface area contributed by atoms with E-state index in [2.05, 4.69) is 20.9 Å². The van der Waals surface area contributed by atoms with Crippen LogP contribution in [0.5, 0.6) is 0 Å². The Morgan fingerprint density at radius 1 is 1.20 bits per heavy atom. The minimum absolute atomic E-state index is 0.0299. The number of aliphatic carboxylic acids is 1. The van der Waals surface area contributed by atoms with Gasteiger partial charge in [0.2, 0.25) is 0 Å². The van der Waals surface area contributed by atoms with Crippen LogP contribution in [-0.2, 0) is 11.2 Å². The third-order valence-corrected chi connectivity index (χ3v) is 5.06. The van der Waals surface area contributed by atoms with Gasteiger partial charge in [0, 0.05) is 32.6 Å². The first-order chi connectivity index (χ1) is 11.9. The maximum absolute atomic E-state index is 11.2. The van der Waals surface area contributed by atoms with Crippen molar-refractivity contribution in [2.75, 3.05) is 0 Å². The lowest BCUT2D eigenvalue weighted by molar-refractivity contribution is -0.384. The molecular weight excluding hydrogens is 408 g/mol. The van der Waals surface area contributed by atoms with Crippen molar-refractivity contribution in [2.45, 2.75) is 6.42 Å². The quantitative estimate of drug-likeness (QED) is 0.475. The third kappa shape index (κ3) is 3.92. The van der Waals surface area contributed by atoms with E-state index >= 15 is 0 Å². The van der Waals surface area contributed by atoms with Crippen molar-refractivity contribution >= 4 is 38.9 Å². The number of nitro groups is 1. The molecule has 0 amide bonds. The lowest BCUT2D eigenvalue weighted by Crippen LogP contribution is -1.99. The van der Waals surface area contributed by atoms with Crippen molar-refractivity contribution < 1.29 is 14.8 Å². The van der Waals surface area contributed by atoms with Crippen LogP contribution in [0.25, 0.3) is 21.8 Å². The smallest absolute Gasteiger partial charge is 0.308 e. The average molecular weight is 419 g/mol. The molecule has 0 aliphatic carbocycles. The Morgan fingerprint density at radius 2 is 1.92 bits per heavy atom. The number of benzene rings is 2. The molecule has 3 aromatic rings. The van der Waals surface area contributed by atoms with E-state index in [9.17, 15) is 14.9 Å². The number of hydrogen-bond donors (Lipinski definition) is 1. The lowest BCUT2D eigenvalue weighted by Gasteiger charge is -2.00. The molecule has 6 nitrogen and oxygen atoms in total.